The summed E-state index contributed by atoms with van der Waals surface area (Å²) in [5.41, 5.74) is 1.11. The summed E-state index contributed by atoms with van der Waals surface area (Å²) in [4.78, 5) is 25.9. The van der Waals surface area contributed by atoms with E-state index >= 15 is 0 Å². The zero-order valence-electron chi connectivity index (χ0n) is 9.61. The maximum absolute atomic E-state index is 10.9. The fraction of sp³-hybridized carbons (Fsp3) is 0.333. The number of oxime groups is 1. The van der Waals surface area contributed by atoms with Crippen molar-refractivity contribution >= 4 is 11.6 Å². The molecule has 18 heavy (non-hydrogen) atoms. The molecule has 1 aromatic rings. The topological polar surface area (TPSA) is 77.3 Å². The number of benzene rings is 1. The summed E-state index contributed by atoms with van der Waals surface area (Å²) < 4.78 is 5.45. The minimum Gasteiger partial charge on any atom is -0.389 e. The maximum atomic E-state index is 10.9. The summed E-state index contributed by atoms with van der Waals surface area (Å²) in [5, 5.41) is 5.80. The first kappa shape index (κ1) is 12.4. The Morgan fingerprint density at radius 3 is 2.94 bits per heavy atom. The molecule has 0 radical (unpaired) electrons. The zero-order chi connectivity index (χ0) is 12.8. The average molecular weight is 248 g/mol. The predicted octanol–water partition coefficient (Wildman–Crippen LogP) is 1.64. The van der Waals surface area contributed by atoms with Crippen LogP contribution < -0.4 is 0 Å². The lowest BCUT2D eigenvalue weighted by atomic mass is 10.2. The van der Waals surface area contributed by atoms with E-state index in [-0.39, 0.29) is 18.2 Å². The molecule has 2 rings (SSSR count). The van der Waals surface area contributed by atoms with Gasteiger partial charge in [-0.05, 0) is 5.56 Å². The molecule has 0 saturated heterocycles. The average Bonchev–Trinajstić information content (AvgIpc) is 2.88. The Labute approximate surface area is 104 Å². The molecule has 1 aromatic carbocycles. The van der Waals surface area contributed by atoms with Crippen LogP contribution in [0.5, 0.6) is 0 Å². The smallest absolute Gasteiger partial charge is 0.334 e. The number of hydrogen-bond donors (Lipinski definition) is 0. The Kier molecular flexibility index (Phi) is 4.14. The second-order valence-electron chi connectivity index (χ2n) is 3.87. The molecule has 1 aliphatic heterocycles. The van der Waals surface area contributed by atoms with Crippen LogP contribution in [-0.2, 0) is 21.0 Å². The lowest BCUT2D eigenvalue weighted by Gasteiger charge is -2.08. The number of amides is 1. The predicted molar refractivity (Wildman–Crippen MR) is 63.8 cm³/mol. The summed E-state index contributed by atoms with van der Waals surface area (Å²) >= 11 is 0. The van der Waals surface area contributed by atoms with Crippen LogP contribution in [0.2, 0.25) is 0 Å². The van der Waals surface area contributed by atoms with Crippen LogP contribution in [0.15, 0.2) is 40.7 Å². The van der Waals surface area contributed by atoms with Crippen LogP contribution in [0.3, 0.4) is 0 Å². The van der Waals surface area contributed by atoms with E-state index in [1.807, 2.05) is 30.3 Å². The molecule has 0 saturated carbocycles. The summed E-state index contributed by atoms with van der Waals surface area (Å²) in [7, 11) is 0. The molecule has 94 valence electrons. The number of carbonyl (C=O) groups is 1. The van der Waals surface area contributed by atoms with Crippen molar-refractivity contribution in [2.24, 2.45) is 10.3 Å². The van der Waals surface area contributed by atoms with E-state index in [0.29, 0.717) is 13.2 Å². The third-order valence-electron chi connectivity index (χ3n) is 2.48. The van der Waals surface area contributed by atoms with Crippen LogP contribution >= 0.6 is 0 Å². The van der Waals surface area contributed by atoms with E-state index in [4.69, 9.17) is 9.57 Å². The molecular weight excluding hydrogens is 236 g/mol. The van der Waals surface area contributed by atoms with Crippen molar-refractivity contribution in [2.45, 2.75) is 19.1 Å². The van der Waals surface area contributed by atoms with Gasteiger partial charge in [-0.15, -0.1) is 4.91 Å². The van der Waals surface area contributed by atoms with Gasteiger partial charge in [-0.3, -0.25) is 4.79 Å². The van der Waals surface area contributed by atoms with Crippen LogP contribution in [0.25, 0.3) is 0 Å². The molecule has 6 heteroatoms. The quantitative estimate of drug-likeness (QED) is 0.742. The Morgan fingerprint density at radius 2 is 2.22 bits per heavy atom. The SMILES string of the molecule is O=NC(=O)C1=NOC(COCc2ccccc2)C1. The van der Waals surface area contributed by atoms with E-state index in [9.17, 15) is 9.70 Å². The van der Waals surface area contributed by atoms with Gasteiger partial charge in [-0.1, -0.05) is 35.5 Å². The molecule has 0 fully saturated rings. The van der Waals surface area contributed by atoms with E-state index in [2.05, 4.69) is 10.3 Å². The molecule has 0 aliphatic carbocycles. The highest BCUT2D eigenvalue weighted by atomic mass is 16.7. The normalized spacial score (nSPS) is 18.0. The molecular formula is C12H12N2O4. The number of ether oxygens (including phenoxy) is 1. The van der Waals surface area contributed by atoms with Crippen LogP contribution in [-0.4, -0.2) is 24.3 Å². The van der Waals surface area contributed by atoms with E-state index in [1.54, 1.807) is 0 Å². The first-order chi connectivity index (χ1) is 8.79. The molecule has 6 nitrogen and oxygen atoms in total. The minimum atomic E-state index is -0.874. The van der Waals surface area contributed by atoms with Gasteiger partial charge in [-0.25, -0.2) is 0 Å². The first-order valence-electron chi connectivity index (χ1n) is 5.51. The maximum Gasteiger partial charge on any atom is 0.334 e. The highest BCUT2D eigenvalue weighted by Gasteiger charge is 2.26. The summed E-state index contributed by atoms with van der Waals surface area (Å²) in [6.07, 6.45) is -0.0614. The molecule has 1 atom stereocenters. The summed E-state index contributed by atoms with van der Waals surface area (Å²) in [5.74, 6) is -0.874. The van der Waals surface area contributed by atoms with Crippen molar-refractivity contribution in [2.75, 3.05) is 6.61 Å². The van der Waals surface area contributed by atoms with Gasteiger partial charge < -0.3 is 9.57 Å². The van der Waals surface area contributed by atoms with Gasteiger partial charge in [0, 0.05) is 11.6 Å². The first-order valence-corrected chi connectivity index (χ1v) is 5.51. The number of nitroso groups, excluding NO2 is 1. The van der Waals surface area contributed by atoms with Crippen molar-refractivity contribution in [3.63, 3.8) is 0 Å². The molecule has 0 bridgehead atoms. The molecule has 1 aliphatic rings. The standard InChI is InChI=1S/C12H12N2O4/c15-12(13-16)11-6-10(18-14-11)8-17-7-9-4-2-1-3-5-9/h1-5,10H,6-8H2. The van der Waals surface area contributed by atoms with Gasteiger partial charge in [0.2, 0.25) is 0 Å². The van der Waals surface area contributed by atoms with E-state index < -0.39 is 5.91 Å². The Bertz CT molecular complexity index is 458. The molecule has 0 N–H and O–H groups in total. The van der Waals surface area contributed by atoms with E-state index in [0.717, 1.165) is 5.56 Å². The van der Waals surface area contributed by atoms with Gasteiger partial charge in [0.15, 0.2) is 11.8 Å². The number of hydrogen-bond acceptors (Lipinski definition) is 5. The molecule has 1 heterocycles. The Morgan fingerprint density at radius 1 is 1.44 bits per heavy atom. The van der Waals surface area contributed by atoms with Crippen molar-refractivity contribution in [1.82, 2.24) is 0 Å². The largest absolute Gasteiger partial charge is 0.389 e. The molecule has 1 unspecified atom stereocenters. The van der Waals surface area contributed by atoms with Gasteiger partial charge in [0.05, 0.1) is 13.2 Å². The fourth-order valence-corrected chi connectivity index (χ4v) is 1.58. The second kappa shape index (κ2) is 6.02. The van der Waals surface area contributed by atoms with Gasteiger partial charge in [0.25, 0.3) is 0 Å². The molecule has 0 spiro atoms. The number of rotatable bonds is 5. The third-order valence-corrected chi connectivity index (χ3v) is 2.48. The Hall–Kier alpha value is -2.08. The van der Waals surface area contributed by atoms with Crippen LogP contribution in [0, 0.1) is 4.91 Å². The minimum absolute atomic E-state index is 0.0540. The van der Waals surface area contributed by atoms with Crippen LogP contribution in [0.4, 0.5) is 0 Å². The number of carbonyl (C=O) groups excluding carboxylic acids is 1. The molecule has 1 amide bonds. The monoisotopic (exact) mass is 248 g/mol. The zero-order valence-corrected chi connectivity index (χ0v) is 9.61. The fourth-order valence-electron chi connectivity index (χ4n) is 1.58. The summed E-state index contributed by atoms with van der Waals surface area (Å²) in [6.45, 7) is 0.782. The van der Waals surface area contributed by atoms with Crippen molar-refractivity contribution in [3.8, 4) is 0 Å². The van der Waals surface area contributed by atoms with Crippen molar-refractivity contribution in [1.29, 1.82) is 0 Å². The highest BCUT2D eigenvalue weighted by Crippen LogP contribution is 2.12. The number of nitrogens with zero attached hydrogens (tertiary/aromatic N) is 2. The Balaban J connectivity index is 1.71. The van der Waals surface area contributed by atoms with Gasteiger partial charge in [0.1, 0.15) is 0 Å². The van der Waals surface area contributed by atoms with Crippen molar-refractivity contribution < 1.29 is 14.4 Å². The van der Waals surface area contributed by atoms with E-state index in [1.165, 1.54) is 0 Å². The lowest BCUT2D eigenvalue weighted by Crippen LogP contribution is -2.18. The second-order valence-corrected chi connectivity index (χ2v) is 3.87. The van der Waals surface area contributed by atoms with Gasteiger partial charge >= 0.3 is 5.91 Å². The van der Waals surface area contributed by atoms with Crippen molar-refractivity contribution in [3.05, 3.63) is 40.8 Å². The highest BCUT2D eigenvalue weighted by molar-refractivity contribution is 6.39. The molecule has 0 aromatic heterocycles. The van der Waals surface area contributed by atoms with Gasteiger partial charge in [-0.2, -0.15) is 0 Å². The lowest BCUT2D eigenvalue weighted by molar-refractivity contribution is -0.112. The summed E-state index contributed by atoms with van der Waals surface area (Å²) in [6, 6.07) is 9.71. The third kappa shape index (κ3) is 3.21. The van der Waals surface area contributed by atoms with Crippen LogP contribution in [0.1, 0.15) is 12.0 Å².